The zero-order valence-corrected chi connectivity index (χ0v) is 15.9. The number of rotatable bonds is 5. The highest BCUT2D eigenvalue weighted by atomic mass is 32.2. The molecule has 2 aromatic rings. The zero-order valence-electron chi connectivity index (χ0n) is 15.1. The topological polar surface area (TPSA) is 61.8 Å². The maximum absolute atomic E-state index is 12.9. The van der Waals surface area contributed by atoms with Gasteiger partial charge in [0.2, 0.25) is 5.91 Å². The minimum Gasteiger partial charge on any atom is -0.352 e. The van der Waals surface area contributed by atoms with Crippen LogP contribution in [0.25, 0.3) is 0 Å². The zero-order chi connectivity index (χ0) is 18.8. The summed E-state index contributed by atoms with van der Waals surface area (Å²) in [7, 11) is 0. The molecular formula is C21H21N3O2S. The van der Waals surface area contributed by atoms with E-state index in [0.717, 1.165) is 29.7 Å². The number of hydrogen-bond donors (Lipinski definition) is 1. The summed E-state index contributed by atoms with van der Waals surface area (Å²) in [6, 6.07) is 17.7. The molecule has 1 saturated carbocycles. The summed E-state index contributed by atoms with van der Waals surface area (Å²) in [5.74, 6) is -0.102. The average molecular weight is 379 g/mol. The van der Waals surface area contributed by atoms with Gasteiger partial charge in [0.25, 0.3) is 5.91 Å². The lowest BCUT2D eigenvalue weighted by molar-refractivity contribution is -0.120. The van der Waals surface area contributed by atoms with Crippen molar-refractivity contribution in [3.05, 3.63) is 65.7 Å². The third kappa shape index (κ3) is 4.06. The first kappa shape index (κ1) is 17.8. The predicted octanol–water partition coefficient (Wildman–Crippen LogP) is 3.45. The molecule has 0 unspecified atom stereocenters. The molecule has 0 saturated heterocycles. The predicted molar refractivity (Wildman–Crippen MR) is 109 cm³/mol. The number of amides is 2. The second-order valence-corrected chi connectivity index (χ2v) is 7.93. The maximum Gasteiger partial charge on any atom is 0.254 e. The van der Waals surface area contributed by atoms with Crippen LogP contribution in [0, 0.1) is 6.92 Å². The van der Waals surface area contributed by atoms with Crippen molar-refractivity contribution in [2.24, 2.45) is 4.99 Å². The number of nitrogens with one attached hydrogen (secondary N) is 1. The number of benzene rings is 2. The third-order valence-electron chi connectivity index (χ3n) is 4.57. The van der Waals surface area contributed by atoms with Crippen LogP contribution in [0.15, 0.2) is 59.6 Å². The van der Waals surface area contributed by atoms with Crippen LogP contribution in [0.3, 0.4) is 0 Å². The lowest BCUT2D eigenvalue weighted by Crippen LogP contribution is -2.34. The maximum atomic E-state index is 12.9. The summed E-state index contributed by atoms with van der Waals surface area (Å²) < 4.78 is 0. The van der Waals surface area contributed by atoms with E-state index in [2.05, 4.69) is 10.3 Å². The lowest BCUT2D eigenvalue weighted by atomic mass is 10.1. The van der Waals surface area contributed by atoms with Gasteiger partial charge in [-0.2, -0.15) is 0 Å². The van der Waals surface area contributed by atoms with Crippen molar-refractivity contribution < 1.29 is 9.59 Å². The first-order valence-electron chi connectivity index (χ1n) is 9.08. The summed E-state index contributed by atoms with van der Waals surface area (Å²) in [4.78, 5) is 31.3. The summed E-state index contributed by atoms with van der Waals surface area (Å²) in [5.41, 5.74) is 2.82. The molecule has 2 aromatic carbocycles. The average Bonchev–Trinajstić information content (AvgIpc) is 3.42. The van der Waals surface area contributed by atoms with Crippen LogP contribution in [0.1, 0.15) is 29.2 Å². The lowest BCUT2D eigenvalue weighted by Gasteiger charge is -2.22. The Bertz CT molecular complexity index is 876. The molecule has 0 radical (unpaired) electrons. The van der Waals surface area contributed by atoms with Gasteiger partial charge in [0, 0.05) is 6.04 Å². The van der Waals surface area contributed by atoms with E-state index in [1.165, 1.54) is 11.8 Å². The SMILES string of the molecule is Cc1ccc(N2C(=O)CN=C2S[C@H](C(=O)NC2CC2)c2ccccc2)cc1. The first-order chi connectivity index (χ1) is 13.1. The molecule has 1 heterocycles. The van der Waals surface area contributed by atoms with Crippen molar-refractivity contribution in [3.8, 4) is 0 Å². The van der Waals surface area contributed by atoms with Crippen molar-refractivity contribution in [3.63, 3.8) is 0 Å². The van der Waals surface area contributed by atoms with Crippen LogP contribution in [0.4, 0.5) is 5.69 Å². The largest absolute Gasteiger partial charge is 0.352 e. The van der Waals surface area contributed by atoms with Gasteiger partial charge in [-0.15, -0.1) is 0 Å². The smallest absolute Gasteiger partial charge is 0.254 e. The first-order valence-corrected chi connectivity index (χ1v) is 9.96. The molecule has 0 bridgehead atoms. The number of carbonyl (C=O) groups is 2. The van der Waals surface area contributed by atoms with E-state index in [-0.39, 0.29) is 24.4 Å². The fourth-order valence-electron chi connectivity index (χ4n) is 2.93. The minimum atomic E-state index is -0.440. The van der Waals surface area contributed by atoms with Crippen molar-refractivity contribution in [2.45, 2.75) is 31.1 Å². The van der Waals surface area contributed by atoms with Crippen LogP contribution >= 0.6 is 11.8 Å². The number of carbonyl (C=O) groups excluding carboxylic acids is 2. The highest BCUT2D eigenvalue weighted by Crippen LogP contribution is 2.35. The Kier molecular flexibility index (Phi) is 4.99. The van der Waals surface area contributed by atoms with Gasteiger partial charge in [0.05, 0.1) is 5.69 Å². The molecule has 6 heteroatoms. The molecule has 5 nitrogen and oxygen atoms in total. The molecule has 1 fully saturated rings. The molecule has 1 aliphatic carbocycles. The van der Waals surface area contributed by atoms with Gasteiger partial charge in [-0.3, -0.25) is 19.5 Å². The van der Waals surface area contributed by atoms with Gasteiger partial charge in [-0.25, -0.2) is 0 Å². The summed E-state index contributed by atoms with van der Waals surface area (Å²) in [5, 5.41) is 3.21. The van der Waals surface area contributed by atoms with Gasteiger partial charge in [0.1, 0.15) is 11.8 Å². The van der Waals surface area contributed by atoms with E-state index < -0.39 is 5.25 Å². The number of thioether (sulfide) groups is 1. The fourth-order valence-corrected chi connectivity index (χ4v) is 4.06. The molecule has 4 rings (SSSR count). The van der Waals surface area contributed by atoms with Crippen LogP contribution in [0.5, 0.6) is 0 Å². The Labute approximate surface area is 162 Å². The Morgan fingerprint density at radius 2 is 1.85 bits per heavy atom. The summed E-state index contributed by atoms with van der Waals surface area (Å²) >= 11 is 1.34. The Morgan fingerprint density at radius 1 is 1.15 bits per heavy atom. The van der Waals surface area contributed by atoms with Crippen LogP contribution in [-0.2, 0) is 9.59 Å². The normalized spacial score (nSPS) is 17.6. The van der Waals surface area contributed by atoms with Crippen molar-refractivity contribution in [2.75, 3.05) is 11.4 Å². The molecule has 1 N–H and O–H groups in total. The monoisotopic (exact) mass is 379 g/mol. The molecule has 2 aliphatic rings. The molecule has 27 heavy (non-hydrogen) atoms. The second kappa shape index (κ2) is 7.56. The van der Waals surface area contributed by atoms with Gasteiger partial charge >= 0.3 is 0 Å². The van der Waals surface area contributed by atoms with E-state index in [1.54, 1.807) is 4.90 Å². The Balaban J connectivity index is 1.60. The van der Waals surface area contributed by atoms with Gasteiger partial charge in [-0.1, -0.05) is 59.8 Å². The Hall–Kier alpha value is -2.60. The van der Waals surface area contributed by atoms with Crippen LogP contribution < -0.4 is 10.2 Å². The van der Waals surface area contributed by atoms with E-state index in [9.17, 15) is 9.59 Å². The van der Waals surface area contributed by atoms with Gasteiger partial charge in [0.15, 0.2) is 5.17 Å². The van der Waals surface area contributed by atoms with Crippen molar-refractivity contribution in [1.82, 2.24) is 5.32 Å². The van der Waals surface area contributed by atoms with Crippen molar-refractivity contribution >= 4 is 34.4 Å². The van der Waals surface area contributed by atoms with Crippen molar-refractivity contribution in [1.29, 1.82) is 0 Å². The number of amidine groups is 1. The van der Waals surface area contributed by atoms with Gasteiger partial charge in [-0.05, 0) is 37.5 Å². The number of hydrogen-bond acceptors (Lipinski definition) is 4. The molecule has 2 amide bonds. The van der Waals surface area contributed by atoms with E-state index in [0.29, 0.717) is 5.17 Å². The quantitative estimate of drug-likeness (QED) is 0.866. The van der Waals surface area contributed by atoms with E-state index in [4.69, 9.17) is 0 Å². The molecule has 1 aliphatic heterocycles. The molecule has 138 valence electrons. The number of anilines is 1. The highest BCUT2D eigenvalue weighted by molar-refractivity contribution is 8.15. The fraction of sp³-hybridized carbons (Fsp3) is 0.286. The Morgan fingerprint density at radius 3 is 2.52 bits per heavy atom. The number of nitrogens with zero attached hydrogens (tertiary/aromatic N) is 2. The molecule has 1 atom stereocenters. The van der Waals surface area contributed by atoms with E-state index >= 15 is 0 Å². The minimum absolute atomic E-state index is 0.0281. The van der Waals surface area contributed by atoms with Crippen LogP contribution in [-0.4, -0.2) is 29.6 Å². The molecule has 0 aromatic heterocycles. The molecule has 0 spiro atoms. The third-order valence-corrected chi connectivity index (χ3v) is 5.81. The summed E-state index contributed by atoms with van der Waals surface area (Å²) in [6.45, 7) is 2.12. The standard InChI is InChI=1S/C21H21N3O2S/c1-14-7-11-17(12-8-14)24-18(25)13-22-21(24)27-19(15-5-3-2-4-6-15)20(26)23-16-9-10-16/h2-8,11-12,16,19H,9-10,13H2,1H3,(H,23,26)/t19-/m0/s1. The highest BCUT2D eigenvalue weighted by Gasteiger charge is 2.34. The molecular weight excluding hydrogens is 358 g/mol. The number of aryl methyl sites for hydroxylation is 1. The van der Waals surface area contributed by atoms with Crippen LogP contribution in [0.2, 0.25) is 0 Å². The van der Waals surface area contributed by atoms with Gasteiger partial charge < -0.3 is 5.32 Å². The summed E-state index contributed by atoms with van der Waals surface area (Å²) in [6.07, 6.45) is 2.07. The van der Waals surface area contributed by atoms with E-state index in [1.807, 2.05) is 61.5 Å². The second-order valence-electron chi connectivity index (χ2n) is 6.85. The number of aliphatic imine (C=N–C) groups is 1.